The molecule has 263 valence electrons. The Kier molecular flexibility index (Phi) is 11.5. The van der Waals surface area contributed by atoms with Crippen LogP contribution in [0.2, 0.25) is 5.28 Å². The van der Waals surface area contributed by atoms with Crippen LogP contribution in [0.1, 0.15) is 5.56 Å². The number of primary amides is 1. The molecule has 0 bridgehead atoms. The lowest BCUT2D eigenvalue weighted by atomic mass is 10.0. The van der Waals surface area contributed by atoms with Crippen molar-refractivity contribution >= 4 is 105 Å². The second-order valence-electron chi connectivity index (χ2n) is 9.71. The third-order valence-electron chi connectivity index (χ3n) is 6.27. The predicted molar refractivity (Wildman–Crippen MR) is 183 cm³/mol. The first-order chi connectivity index (χ1) is 24.3. The Balaban J connectivity index is 1.39. The standard InChI is InChI=1S/C25H22BClFN14O7S2/c1-10-5-13(50-49-48-44)6-11-7-18(51(45,46)47)17(9-14(10)11)42-41-15-4-3-12(8-16(15)32-21(29)43)31-23-33-19(27)34-24(38-23)39-26-40-25-36-20(28)35-22(30-2)37-25/h3-9,44H,1-2H3,(H3,29,32,43)(H,45,46,47)(H2,30,35,36,37,40)(H2,31,33,34,38,39). The lowest BCUT2D eigenvalue weighted by molar-refractivity contribution is -0.432. The zero-order valence-corrected chi connectivity index (χ0v) is 28.2. The van der Waals surface area contributed by atoms with Crippen molar-refractivity contribution < 1.29 is 36.8 Å². The number of hydrogen-bond donors (Lipinski definition) is 8. The number of hydrogen-bond acceptors (Lipinski definition) is 19. The van der Waals surface area contributed by atoms with Crippen LogP contribution in [0.5, 0.6) is 0 Å². The van der Waals surface area contributed by atoms with E-state index in [0.29, 0.717) is 39.0 Å². The number of nitrogens with one attached hydrogen (secondary N) is 5. The van der Waals surface area contributed by atoms with E-state index < -0.39 is 27.1 Å². The number of nitrogens with two attached hydrogens (primary N) is 1. The average Bonchev–Trinajstić information content (AvgIpc) is 3.05. The number of carbonyl (C=O) groups excluding carboxylic acids is 1. The van der Waals surface area contributed by atoms with Gasteiger partial charge in [0.25, 0.3) is 10.1 Å². The molecule has 0 aliphatic heterocycles. The van der Waals surface area contributed by atoms with Crippen molar-refractivity contribution in [2.75, 3.05) is 33.5 Å². The minimum atomic E-state index is -4.80. The molecule has 3 aromatic carbocycles. The number of fused-ring (bicyclic) bond motifs is 1. The van der Waals surface area contributed by atoms with E-state index in [0.717, 1.165) is 0 Å². The first-order valence-corrected chi connectivity index (χ1v) is 16.3. The molecule has 1 radical (unpaired) electrons. The van der Waals surface area contributed by atoms with E-state index in [9.17, 15) is 22.2 Å². The van der Waals surface area contributed by atoms with E-state index in [1.165, 1.54) is 51.0 Å². The zero-order chi connectivity index (χ0) is 36.7. The summed E-state index contributed by atoms with van der Waals surface area (Å²) in [4.78, 5) is 34.8. The third-order valence-corrected chi connectivity index (χ3v) is 7.88. The molecule has 2 heterocycles. The molecule has 0 atom stereocenters. The van der Waals surface area contributed by atoms with Gasteiger partial charge >= 0.3 is 19.7 Å². The SMILES string of the molecule is CNc1nc(F)nc(N[B]Nc2nc(Cl)nc(Nc3ccc(N=Nc4cc5c(C)cc(SOOO)cc5cc4S(=O)(=O)O)c(NC(N)=O)c3)n2)n1. The number of aryl methyl sites for hydroxylation is 1. The van der Waals surface area contributed by atoms with Gasteiger partial charge in [-0.15, -0.1) is 14.6 Å². The topological polar surface area (TPSA) is 298 Å². The van der Waals surface area contributed by atoms with E-state index in [1.54, 1.807) is 13.0 Å². The maximum atomic E-state index is 13.6. The second kappa shape index (κ2) is 16.0. The lowest BCUT2D eigenvalue weighted by Gasteiger charge is -2.11. The molecule has 0 aliphatic carbocycles. The minimum absolute atomic E-state index is 0.00530. The molecular formula is C25H22BClFN14O7S2. The average molecular weight is 760 g/mol. The van der Waals surface area contributed by atoms with Crippen molar-refractivity contribution in [1.82, 2.24) is 29.9 Å². The van der Waals surface area contributed by atoms with Crippen LogP contribution in [0.15, 0.2) is 62.5 Å². The van der Waals surface area contributed by atoms with Crippen LogP contribution >= 0.6 is 23.6 Å². The van der Waals surface area contributed by atoms with Crippen molar-refractivity contribution in [2.24, 2.45) is 16.0 Å². The quantitative estimate of drug-likeness (QED) is 0.0189. The maximum absolute atomic E-state index is 13.6. The summed E-state index contributed by atoms with van der Waals surface area (Å²) in [6, 6.07) is 9.16. The highest BCUT2D eigenvalue weighted by molar-refractivity contribution is 7.94. The number of halogens is 2. The molecule has 0 unspecified atom stereocenters. The van der Waals surface area contributed by atoms with Gasteiger partial charge < -0.3 is 32.1 Å². The van der Waals surface area contributed by atoms with E-state index in [-0.39, 0.29) is 46.1 Å². The van der Waals surface area contributed by atoms with Gasteiger partial charge in [0.2, 0.25) is 29.1 Å². The first-order valence-electron chi connectivity index (χ1n) is 13.8. The van der Waals surface area contributed by atoms with Gasteiger partial charge in [0, 0.05) is 17.6 Å². The maximum Gasteiger partial charge on any atom is 0.390 e. The molecule has 26 heteroatoms. The zero-order valence-electron chi connectivity index (χ0n) is 25.8. The molecule has 21 nitrogen and oxygen atoms in total. The molecule has 2 aromatic heterocycles. The van der Waals surface area contributed by atoms with Crippen molar-refractivity contribution in [3.8, 4) is 0 Å². The molecule has 0 fully saturated rings. The molecule has 9 N–H and O–H groups in total. The molecule has 0 spiro atoms. The summed E-state index contributed by atoms with van der Waals surface area (Å²) in [5.74, 6) is -0.217. The highest BCUT2D eigenvalue weighted by atomic mass is 35.5. The summed E-state index contributed by atoms with van der Waals surface area (Å²) in [5, 5.41) is 34.1. The normalized spacial score (nSPS) is 11.4. The number of urea groups is 1. The summed E-state index contributed by atoms with van der Waals surface area (Å²) < 4.78 is 52.6. The Morgan fingerprint density at radius 2 is 1.67 bits per heavy atom. The fourth-order valence-electron chi connectivity index (χ4n) is 4.25. The summed E-state index contributed by atoms with van der Waals surface area (Å²) in [7, 11) is -2.08. The third kappa shape index (κ3) is 9.78. The smallest absolute Gasteiger partial charge is 0.381 e. The second-order valence-corrected chi connectivity index (χ2v) is 12.2. The Bertz CT molecular complexity index is 2260. The van der Waals surface area contributed by atoms with Gasteiger partial charge in [-0.05, 0) is 77.3 Å². The van der Waals surface area contributed by atoms with E-state index in [4.69, 9.17) is 22.6 Å². The summed E-state index contributed by atoms with van der Waals surface area (Å²) in [6.45, 7) is 1.73. The number of carbonyl (C=O) groups is 1. The Labute approximate surface area is 296 Å². The Morgan fingerprint density at radius 1 is 0.980 bits per heavy atom. The van der Waals surface area contributed by atoms with Gasteiger partial charge in [-0.25, -0.2) is 10.1 Å². The number of anilines is 6. The summed E-state index contributed by atoms with van der Waals surface area (Å²) in [6.07, 6.45) is -1.01. The van der Waals surface area contributed by atoms with Crippen LogP contribution < -0.4 is 32.1 Å². The van der Waals surface area contributed by atoms with Gasteiger partial charge in [-0.1, -0.05) is 5.04 Å². The van der Waals surface area contributed by atoms with Crippen molar-refractivity contribution in [1.29, 1.82) is 0 Å². The van der Waals surface area contributed by atoms with Crippen molar-refractivity contribution in [3.05, 3.63) is 59.4 Å². The van der Waals surface area contributed by atoms with Crippen LogP contribution in [0.25, 0.3) is 10.8 Å². The van der Waals surface area contributed by atoms with Crippen LogP contribution in [-0.4, -0.2) is 68.8 Å². The molecule has 0 saturated heterocycles. The molecular weight excluding hydrogens is 738 g/mol. The highest BCUT2D eigenvalue weighted by Gasteiger charge is 2.19. The number of amides is 2. The molecule has 51 heavy (non-hydrogen) atoms. The first kappa shape index (κ1) is 36.7. The van der Waals surface area contributed by atoms with Crippen molar-refractivity contribution in [2.45, 2.75) is 16.7 Å². The lowest BCUT2D eigenvalue weighted by Crippen LogP contribution is -2.21. The largest absolute Gasteiger partial charge is 0.390 e. The molecule has 0 saturated carbocycles. The number of benzene rings is 3. The highest BCUT2D eigenvalue weighted by Crippen LogP contribution is 2.37. The minimum Gasteiger partial charge on any atom is -0.381 e. The summed E-state index contributed by atoms with van der Waals surface area (Å²) in [5.41, 5.74) is 6.19. The van der Waals surface area contributed by atoms with Crippen LogP contribution in [0.4, 0.5) is 55.7 Å². The van der Waals surface area contributed by atoms with Crippen LogP contribution in [-0.2, 0) is 19.5 Å². The number of aromatic nitrogens is 6. The number of nitrogens with zero attached hydrogens (tertiary/aromatic N) is 8. The van der Waals surface area contributed by atoms with Gasteiger partial charge in [-0.3, -0.25) is 4.55 Å². The van der Waals surface area contributed by atoms with Gasteiger partial charge in [0.1, 0.15) is 16.3 Å². The molecule has 5 rings (SSSR count). The van der Waals surface area contributed by atoms with Crippen LogP contribution in [0, 0.1) is 13.0 Å². The molecule has 2 amide bonds. The Hall–Kier alpha value is -5.57. The van der Waals surface area contributed by atoms with Gasteiger partial charge in [0.05, 0.1) is 17.7 Å². The predicted octanol–water partition coefficient (Wildman–Crippen LogP) is 4.74. The van der Waals surface area contributed by atoms with Crippen LogP contribution in [0.3, 0.4) is 0 Å². The number of rotatable bonds is 14. The fourth-order valence-corrected chi connectivity index (χ4v) is 5.56. The monoisotopic (exact) mass is 759 g/mol. The number of azo groups is 1. The molecule has 5 aromatic rings. The molecule has 0 aliphatic rings. The van der Waals surface area contributed by atoms with E-state index in [2.05, 4.69) is 75.9 Å². The Morgan fingerprint density at radius 3 is 2.37 bits per heavy atom. The van der Waals surface area contributed by atoms with E-state index in [1.807, 2.05) is 0 Å². The summed E-state index contributed by atoms with van der Waals surface area (Å²) >= 11 is 6.74. The van der Waals surface area contributed by atoms with Crippen molar-refractivity contribution in [3.63, 3.8) is 0 Å². The van der Waals surface area contributed by atoms with Gasteiger partial charge in [0.15, 0.2) is 0 Å². The fraction of sp³-hybridized carbons (Fsp3) is 0.0800. The van der Waals surface area contributed by atoms with E-state index >= 15 is 0 Å². The van der Waals surface area contributed by atoms with Gasteiger partial charge in [-0.2, -0.15) is 42.7 Å².